The van der Waals surface area contributed by atoms with E-state index in [2.05, 4.69) is 91.6 Å². The third kappa shape index (κ3) is 4.87. The van der Waals surface area contributed by atoms with Crippen molar-refractivity contribution in [3.63, 3.8) is 0 Å². The normalized spacial score (nSPS) is 17.9. The molecular formula is C23H35NOSi. The Morgan fingerprint density at radius 1 is 1.15 bits per heavy atom. The number of aliphatic imine (C=N–C) groups is 1. The van der Waals surface area contributed by atoms with Crippen molar-refractivity contribution in [2.45, 2.75) is 79.1 Å². The highest BCUT2D eigenvalue weighted by Crippen LogP contribution is 2.36. The van der Waals surface area contributed by atoms with Gasteiger partial charge >= 0.3 is 0 Å². The zero-order valence-electron chi connectivity index (χ0n) is 18.1. The van der Waals surface area contributed by atoms with Crippen molar-refractivity contribution in [1.29, 1.82) is 0 Å². The van der Waals surface area contributed by atoms with Crippen molar-refractivity contribution < 1.29 is 4.43 Å². The van der Waals surface area contributed by atoms with Gasteiger partial charge in [0, 0.05) is 11.3 Å². The molecule has 0 saturated carbocycles. The van der Waals surface area contributed by atoms with Gasteiger partial charge in [-0.1, -0.05) is 59.4 Å². The van der Waals surface area contributed by atoms with Gasteiger partial charge in [-0.05, 0) is 60.2 Å². The molecule has 1 heterocycles. The molecule has 0 bridgehead atoms. The van der Waals surface area contributed by atoms with E-state index >= 15 is 0 Å². The van der Waals surface area contributed by atoms with Crippen LogP contribution in [0.3, 0.4) is 0 Å². The quantitative estimate of drug-likeness (QED) is 0.474. The summed E-state index contributed by atoms with van der Waals surface area (Å²) < 4.78 is 6.15. The lowest BCUT2D eigenvalue weighted by Gasteiger charge is -2.35. The third-order valence-electron chi connectivity index (χ3n) is 5.80. The zero-order chi connectivity index (χ0) is 19.8. The van der Waals surface area contributed by atoms with Crippen LogP contribution < -0.4 is 0 Å². The SMILES string of the molecule is CC1=NC(C(C)(C)C)Cc2cc(C#CCO[Si](C)(C)C(C)(C)C)ccc21. The van der Waals surface area contributed by atoms with Crippen LogP contribution in [0.5, 0.6) is 0 Å². The highest BCUT2D eigenvalue weighted by atomic mass is 28.4. The van der Waals surface area contributed by atoms with Crippen molar-refractivity contribution in [3.8, 4) is 11.8 Å². The maximum Gasteiger partial charge on any atom is 0.193 e. The van der Waals surface area contributed by atoms with Crippen LogP contribution in [0.2, 0.25) is 18.1 Å². The maximum atomic E-state index is 6.15. The molecule has 0 aliphatic carbocycles. The van der Waals surface area contributed by atoms with E-state index in [9.17, 15) is 0 Å². The second-order valence-electron chi connectivity index (χ2n) is 10.0. The summed E-state index contributed by atoms with van der Waals surface area (Å²) in [6.07, 6.45) is 0.992. The van der Waals surface area contributed by atoms with E-state index in [0.29, 0.717) is 12.6 Å². The molecule has 1 aliphatic rings. The number of hydrogen-bond donors (Lipinski definition) is 0. The van der Waals surface area contributed by atoms with Crippen LogP contribution in [0, 0.1) is 17.3 Å². The molecule has 1 atom stereocenters. The summed E-state index contributed by atoms with van der Waals surface area (Å²) in [4.78, 5) is 4.92. The van der Waals surface area contributed by atoms with Gasteiger partial charge < -0.3 is 4.43 Å². The summed E-state index contributed by atoms with van der Waals surface area (Å²) in [5.74, 6) is 6.52. The van der Waals surface area contributed by atoms with Crippen molar-refractivity contribution in [2.24, 2.45) is 10.4 Å². The molecule has 26 heavy (non-hydrogen) atoms. The van der Waals surface area contributed by atoms with Gasteiger partial charge in [0.05, 0.1) is 12.6 Å². The van der Waals surface area contributed by atoms with Gasteiger partial charge in [0.2, 0.25) is 0 Å². The molecular weight excluding hydrogens is 334 g/mol. The molecule has 0 radical (unpaired) electrons. The molecule has 0 saturated heterocycles. The predicted molar refractivity (Wildman–Crippen MR) is 116 cm³/mol. The number of rotatable bonds is 2. The van der Waals surface area contributed by atoms with E-state index < -0.39 is 8.32 Å². The average Bonchev–Trinajstić information content (AvgIpc) is 2.49. The van der Waals surface area contributed by atoms with Crippen molar-refractivity contribution in [1.82, 2.24) is 0 Å². The molecule has 0 N–H and O–H groups in total. The summed E-state index contributed by atoms with van der Waals surface area (Å²) in [5, 5.41) is 0.222. The first kappa shape index (κ1) is 20.9. The van der Waals surface area contributed by atoms with E-state index in [1.54, 1.807) is 0 Å². The van der Waals surface area contributed by atoms with Gasteiger partial charge in [0.1, 0.15) is 0 Å². The largest absolute Gasteiger partial charge is 0.406 e. The topological polar surface area (TPSA) is 21.6 Å². The van der Waals surface area contributed by atoms with Gasteiger partial charge in [0.25, 0.3) is 0 Å². The molecule has 3 heteroatoms. The Balaban J connectivity index is 2.13. The summed E-state index contributed by atoms with van der Waals surface area (Å²) in [6.45, 7) is 20.7. The van der Waals surface area contributed by atoms with E-state index in [-0.39, 0.29) is 10.5 Å². The first-order chi connectivity index (χ1) is 11.8. The van der Waals surface area contributed by atoms with Crippen LogP contribution >= 0.6 is 0 Å². The van der Waals surface area contributed by atoms with Gasteiger partial charge in [-0.2, -0.15) is 0 Å². The van der Waals surface area contributed by atoms with Crippen LogP contribution in [0.15, 0.2) is 23.2 Å². The highest BCUT2D eigenvalue weighted by molar-refractivity contribution is 6.74. The minimum Gasteiger partial charge on any atom is -0.406 e. The van der Waals surface area contributed by atoms with Crippen LogP contribution in [0.1, 0.15) is 65.2 Å². The molecule has 142 valence electrons. The fourth-order valence-corrected chi connectivity index (χ4v) is 3.69. The molecule has 1 aromatic rings. The Hall–Kier alpha value is -1.37. The Kier molecular flexibility index (Phi) is 5.90. The summed E-state index contributed by atoms with van der Waals surface area (Å²) >= 11 is 0. The second-order valence-corrected chi connectivity index (χ2v) is 14.8. The molecule has 1 unspecified atom stereocenters. The number of nitrogens with zero attached hydrogens (tertiary/aromatic N) is 1. The summed E-state index contributed by atoms with van der Waals surface area (Å²) in [7, 11) is -1.72. The number of fused-ring (bicyclic) bond motifs is 1. The Labute approximate surface area is 161 Å². The molecule has 0 amide bonds. The number of hydrogen-bond acceptors (Lipinski definition) is 2. The van der Waals surface area contributed by atoms with Gasteiger partial charge in [-0.25, -0.2) is 0 Å². The molecule has 0 fully saturated rings. The van der Waals surface area contributed by atoms with Crippen molar-refractivity contribution >= 4 is 14.0 Å². The molecule has 1 aromatic carbocycles. The smallest absolute Gasteiger partial charge is 0.193 e. The standard InChI is InChI=1S/C23H35NOSi/c1-17-20-13-12-18(11-10-14-25-26(8,9)23(5,6)7)15-19(20)16-21(24-17)22(2,3)4/h12-13,15,21H,14,16H2,1-9H3. The average molecular weight is 370 g/mol. The van der Waals surface area contributed by atoms with Crippen LogP contribution in [0.25, 0.3) is 0 Å². The van der Waals surface area contributed by atoms with Crippen molar-refractivity contribution in [2.75, 3.05) is 6.61 Å². The first-order valence-electron chi connectivity index (χ1n) is 9.62. The Morgan fingerprint density at radius 3 is 2.38 bits per heavy atom. The number of benzene rings is 1. The molecule has 0 spiro atoms. The summed E-state index contributed by atoms with van der Waals surface area (Å²) in [5.41, 5.74) is 5.04. The van der Waals surface area contributed by atoms with Crippen LogP contribution in [-0.2, 0) is 10.8 Å². The van der Waals surface area contributed by atoms with E-state index in [0.717, 1.165) is 17.7 Å². The van der Waals surface area contributed by atoms with Gasteiger partial charge in [-0.3, -0.25) is 4.99 Å². The zero-order valence-corrected chi connectivity index (χ0v) is 19.1. The van der Waals surface area contributed by atoms with Crippen molar-refractivity contribution in [3.05, 3.63) is 34.9 Å². The van der Waals surface area contributed by atoms with Gasteiger partial charge in [-0.15, -0.1) is 0 Å². The monoisotopic (exact) mass is 369 g/mol. The molecule has 2 rings (SSSR count). The van der Waals surface area contributed by atoms with Crippen LogP contribution in [0.4, 0.5) is 0 Å². The van der Waals surface area contributed by atoms with Gasteiger partial charge in [0.15, 0.2) is 8.32 Å². The lowest BCUT2D eigenvalue weighted by atomic mass is 9.80. The molecule has 0 aromatic heterocycles. The first-order valence-corrected chi connectivity index (χ1v) is 12.5. The minimum atomic E-state index is -1.72. The van der Waals surface area contributed by atoms with E-state index in [1.165, 1.54) is 11.1 Å². The lowest BCUT2D eigenvalue weighted by molar-refractivity contribution is 0.318. The van der Waals surface area contributed by atoms with E-state index in [4.69, 9.17) is 9.42 Å². The fourth-order valence-electron chi connectivity index (χ4n) is 2.82. The lowest BCUT2D eigenvalue weighted by Crippen LogP contribution is -2.40. The molecule has 2 nitrogen and oxygen atoms in total. The predicted octanol–water partition coefficient (Wildman–Crippen LogP) is 5.84. The fraction of sp³-hybridized carbons (Fsp3) is 0.609. The third-order valence-corrected chi connectivity index (χ3v) is 10.3. The summed E-state index contributed by atoms with van der Waals surface area (Å²) in [6, 6.07) is 6.85. The second kappa shape index (κ2) is 7.33. The molecule has 1 aliphatic heterocycles. The van der Waals surface area contributed by atoms with E-state index in [1.807, 2.05) is 0 Å². The Bertz CT molecular complexity index is 751. The Morgan fingerprint density at radius 2 is 1.81 bits per heavy atom. The highest BCUT2D eigenvalue weighted by Gasteiger charge is 2.36. The van der Waals surface area contributed by atoms with Crippen LogP contribution in [-0.4, -0.2) is 26.7 Å². The maximum absolute atomic E-state index is 6.15. The minimum absolute atomic E-state index is 0.178.